The molecular formula is C14H20N4O4. The molecule has 0 aliphatic carbocycles. The monoisotopic (exact) mass is 308 g/mol. The van der Waals surface area contributed by atoms with E-state index in [1.165, 1.54) is 4.90 Å². The lowest BCUT2D eigenvalue weighted by Gasteiger charge is -2.26. The molecule has 0 unspecified atom stereocenters. The summed E-state index contributed by atoms with van der Waals surface area (Å²) in [5.74, 6) is 0.537. The fourth-order valence-electron chi connectivity index (χ4n) is 2.68. The predicted octanol–water partition coefficient (Wildman–Crippen LogP) is 0.0361. The van der Waals surface area contributed by atoms with E-state index < -0.39 is 12.1 Å². The summed E-state index contributed by atoms with van der Waals surface area (Å²) in [6.45, 7) is 1.65. The number of rotatable bonds is 4. The molecule has 120 valence electrons. The van der Waals surface area contributed by atoms with Crippen LogP contribution in [0.2, 0.25) is 0 Å². The lowest BCUT2D eigenvalue weighted by molar-refractivity contribution is -0.126. The van der Waals surface area contributed by atoms with Crippen molar-refractivity contribution >= 4 is 12.0 Å². The number of nitrogens with zero attached hydrogens (tertiary/aromatic N) is 3. The lowest BCUT2D eigenvalue weighted by atomic mass is 10.1. The van der Waals surface area contributed by atoms with Crippen molar-refractivity contribution in [2.75, 3.05) is 19.8 Å². The number of cyclic esters (lactones) is 1. The van der Waals surface area contributed by atoms with Gasteiger partial charge in [-0.05, 0) is 12.8 Å². The maximum Gasteiger partial charge on any atom is 0.411 e. The average molecular weight is 308 g/mol. The predicted molar refractivity (Wildman–Crippen MR) is 75.9 cm³/mol. The Hall–Kier alpha value is -2.09. The van der Waals surface area contributed by atoms with Crippen LogP contribution in [0, 0.1) is 0 Å². The number of ether oxygens (including phenoxy) is 2. The van der Waals surface area contributed by atoms with Crippen molar-refractivity contribution in [2.24, 2.45) is 7.05 Å². The van der Waals surface area contributed by atoms with Gasteiger partial charge >= 0.3 is 6.09 Å². The SMILES string of the molecule is Cn1ccnc1CN1C(=O)OC[C@H]1C(=O)NC1CCOCC1. The largest absolute Gasteiger partial charge is 0.447 e. The van der Waals surface area contributed by atoms with Gasteiger partial charge in [0, 0.05) is 38.7 Å². The zero-order chi connectivity index (χ0) is 15.5. The van der Waals surface area contributed by atoms with Gasteiger partial charge in [-0.25, -0.2) is 9.78 Å². The summed E-state index contributed by atoms with van der Waals surface area (Å²) in [6.07, 6.45) is 4.58. The molecule has 1 N–H and O–H groups in total. The number of nitrogens with one attached hydrogen (secondary N) is 1. The van der Waals surface area contributed by atoms with E-state index in [1.54, 1.807) is 12.4 Å². The molecule has 2 saturated heterocycles. The second-order valence-corrected chi connectivity index (χ2v) is 5.57. The maximum atomic E-state index is 12.4. The molecule has 2 aliphatic rings. The Labute approximate surface area is 128 Å². The van der Waals surface area contributed by atoms with Crippen LogP contribution in [0.4, 0.5) is 4.79 Å². The molecule has 1 atom stereocenters. The third-order valence-electron chi connectivity index (χ3n) is 4.08. The Morgan fingerprint density at radius 1 is 1.45 bits per heavy atom. The van der Waals surface area contributed by atoms with Crippen LogP contribution in [-0.2, 0) is 27.9 Å². The van der Waals surface area contributed by atoms with Crippen LogP contribution >= 0.6 is 0 Å². The molecule has 1 aromatic rings. The molecule has 22 heavy (non-hydrogen) atoms. The molecule has 0 spiro atoms. The van der Waals surface area contributed by atoms with Crippen LogP contribution in [-0.4, -0.2) is 58.4 Å². The molecule has 2 amide bonds. The fourth-order valence-corrected chi connectivity index (χ4v) is 2.68. The summed E-state index contributed by atoms with van der Waals surface area (Å²) in [5, 5.41) is 2.99. The first-order valence-electron chi connectivity index (χ1n) is 7.43. The Morgan fingerprint density at radius 2 is 2.23 bits per heavy atom. The van der Waals surface area contributed by atoms with Gasteiger partial charge in [0.25, 0.3) is 0 Å². The van der Waals surface area contributed by atoms with Gasteiger partial charge in [0.1, 0.15) is 18.5 Å². The first kappa shape index (κ1) is 14.8. The minimum atomic E-state index is -0.605. The number of aromatic nitrogens is 2. The molecule has 2 aliphatic heterocycles. The minimum absolute atomic E-state index is 0.0817. The number of carbonyl (C=O) groups excluding carboxylic acids is 2. The summed E-state index contributed by atoms with van der Waals surface area (Å²) in [7, 11) is 1.85. The van der Waals surface area contributed by atoms with Gasteiger partial charge in [0.15, 0.2) is 0 Å². The van der Waals surface area contributed by atoms with Gasteiger partial charge in [-0.1, -0.05) is 0 Å². The van der Waals surface area contributed by atoms with Crippen LogP contribution in [0.15, 0.2) is 12.4 Å². The Kier molecular flexibility index (Phi) is 4.28. The highest BCUT2D eigenvalue weighted by molar-refractivity contribution is 5.88. The average Bonchev–Trinajstić information content (AvgIpc) is 3.08. The van der Waals surface area contributed by atoms with Gasteiger partial charge in [-0.2, -0.15) is 0 Å². The third-order valence-corrected chi connectivity index (χ3v) is 4.08. The summed E-state index contributed by atoms with van der Waals surface area (Å²) >= 11 is 0. The van der Waals surface area contributed by atoms with E-state index in [2.05, 4.69) is 10.3 Å². The molecule has 1 aromatic heterocycles. The zero-order valence-corrected chi connectivity index (χ0v) is 12.5. The number of hydrogen-bond acceptors (Lipinski definition) is 5. The van der Waals surface area contributed by atoms with Crippen LogP contribution in [0.1, 0.15) is 18.7 Å². The van der Waals surface area contributed by atoms with E-state index in [4.69, 9.17) is 9.47 Å². The molecule has 3 heterocycles. The molecule has 2 fully saturated rings. The maximum absolute atomic E-state index is 12.4. The highest BCUT2D eigenvalue weighted by atomic mass is 16.6. The Balaban J connectivity index is 1.64. The van der Waals surface area contributed by atoms with Crippen molar-refractivity contribution in [3.63, 3.8) is 0 Å². The van der Waals surface area contributed by atoms with Crippen LogP contribution in [0.5, 0.6) is 0 Å². The van der Waals surface area contributed by atoms with Crippen molar-refractivity contribution in [3.05, 3.63) is 18.2 Å². The third kappa shape index (κ3) is 3.06. The van der Waals surface area contributed by atoms with Crippen molar-refractivity contribution in [3.8, 4) is 0 Å². The standard InChI is InChI=1S/C14H20N4O4/c1-17-5-4-15-12(17)8-18-11(9-22-14(18)20)13(19)16-10-2-6-21-7-3-10/h4-5,10-11H,2-3,6-9H2,1H3,(H,16,19)/t11-/m0/s1. The molecule has 8 heteroatoms. The lowest BCUT2D eigenvalue weighted by Crippen LogP contribution is -2.49. The van der Waals surface area contributed by atoms with E-state index in [0.29, 0.717) is 19.0 Å². The van der Waals surface area contributed by atoms with E-state index >= 15 is 0 Å². The number of aryl methyl sites for hydroxylation is 1. The molecule has 8 nitrogen and oxygen atoms in total. The molecular weight excluding hydrogens is 288 g/mol. The molecule has 3 rings (SSSR count). The number of imidazole rings is 1. The van der Waals surface area contributed by atoms with E-state index in [9.17, 15) is 9.59 Å². The summed E-state index contributed by atoms with van der Waals surface area (Å²) in [4.78, 5) is 29.9. The van der Waals surface area contributed by atoms with Crippen molar-refractivity contribution in [1.29, 1.82) is 0 Å². The number of hydrogen-bond donors (Lipinski definition) is 1. The van der Waals surface area contributed by atoms with Crippen molar-refractivity contribution < 1.29 is 19.1 Å². The quantitative estimate of drug-likeness (QED) is 0.848. The zero-order valence-electron chi connectivity index (χ0n) is 12.5. The van der Waals surface area contributed by atoms with Gasteiger partial charge in [-0.15, -0.1) is 0 Å². The Bertz CT molecular complexity index is 553. The second-order valence-electron chi connectivity index (χ2n) is 5.57. The van der Waals surface area contributed by atoms with Crippen LogP contribution < -0.4 is 5.32 Å². The summed E-state index contributed by atoms with van der Waals surface area (Å²) in [6, 6.07) is -0.501. The molecule has 0 radical (unpaired) electrons. The first-order chi connectivity index (χ1) is 10.6. The topological polar surface area (TPSA) is 85.7 Å². The number of amides is 2. The van der Waals surface area contributed by atoms with E-state index in [0.717, 1.165) is 12.8 Å². The number of carbonyl (C=O) groups is 2. The van der Waals surface area contributed by atoms with Crippen molar-refractivity contribution in [2.45, 2.75) is 31.5 Å². The highest BCUT2D eigenvalue weighted by Crippen LogP contribution is 2.17. The van der Waals surface area contributed by atoms with Gasteiger partial charge in [-0.3, -0.25) is 9.69 Å². The molecule has 0 aromatic carbocycles. The summed E-state index contributed by atoms with van der Waals surface area (Å²) < 4.78 is 12.1. The van der Waals surface area contributed by atoms with Crippen molar-refractivity contribution in [1.82, 2.24) is 19.8 Å². The molecule has 0 saturated carbocycles. The van der Waals surface area contributed by atoms with Gasteiger partial charge in [0.05, 0.1) is 6.54 Å². The fraction of sp³-hybridized carbons (Fsp3) is 0.643. The summed E-state index contributed by atoms with van der Waals surface area (Å²) in [5.41, 5.74) is 0. The van der Waals surface area contributed by atoms with Gasteiger partial charge in [0.2, 0.25) is 5.91 Å². The normalized spacial score (nSPS) is 22.7. The van der Waals surface area contributed by atoms with Crippen LogP contribution in [0.3, 0.4) is 0 Å². The van der Waals surface area contributed by atoms with Gasteiger partial charge < -0.3 is 19.4 Å². The Morgan fingerprint density at radius 3 is 2.91 bits per heavy atom. The first-order valence-corrected chi connectivity index (χ1v) is 7.43. The van der Waals surface area contributed by atoms with E-state index in [-0.39, 0.29) is 25.1 Å². The smallest absolute Gasteiger partial charge is 0.411 e. The minimum Gasteiger partial charge on any atom is -0.447 e. The second kappa shape index (κ2) is 6.35. The van der Waals surface area contributed by atoms with Crippen LogP contribution in [0.25, 0.3) is 0 Å². The molecule has 0 bridgehead atoms. The highest BCUT2D eigenvalue weighted by Gasteiger charge is 2.39. The van der Waals surface area contributed by atoms with E-state index in [1.807, 2.05) is 11.6 Å².